The lowest BCUT2D eigenvalue weighted by Crippen LogP contribution is -2.45. The van der Waals surface area contributed by atoms with Crippen molar-refractivity contribution in [3.05, 3.63) is 54.0 Å². The van der Waals surface area contributed by atoms with E-state index in [1.165, 1.54) is 12.1 Å². The molecule has 1 aromatic heterocycles. The lowest BCUT2D eigenvalue weighted by molar-refractivity contribution is -0.169. The number of anilines is 2. The number of carbonyl (C=O) groups is 1. The van der Waals surface area contributed by atoms with Crippen molar-refractivity contribution in [3.63, 3.8) is 0 Å². The van der Waals surface area contributed by atoms with Gasteiger partial charge in [-0.05, 0) is 24.3 Å². The zero-order valence-corrected chi connectivity index (χ0v) is 14.3. The second-order valence-corrected chi connectivity index (χ2v) is 6.43. The van der Waals surface area contributed by atoms with Crippen LogP contribution in [0.1, 0.15) is 23.2 Å². The highest BCUT2D eigenvalue weighted by atomic mass is 19.1. The summed E-state index contributed by atoms with van der Waals surface area (Å²) < 4.78 is 25.1. The molecule has 1 N–H and O–H groups in total. The molecule has 0 atom stereocenters. The van der Waals surface area contributed by atoms with Gasteiger partial charge >= 0.3 is 0 Å². The van der Waals surface area contributed by atoms with Gasteiger partial charge in [0.25, 0.3) is 5.91 Å². The van der Waals surface area contributed by atoms with Crippen LogP contribution in [0.4, 0.5) is 15.9 Å². The van der Waals surface area contributed by atoms with Crippen molar-refractivity contribution in [3.8, 4) is 0 Å². The van der Waals surface area contributed by atoms with Gasteiger partial charge in [0.1, 0.15) is 11.6 Å². The molecule has 0 aliphatic carbocycles. The largest absolute Gasteiger partial charge is 0.356 e. The van der Waals surface area contributed by atoms with E-state index < -0.39 is 17.5 Å². The molecule has 0 radical (unpaired) electrons. The van der Waals surface area contributed by atoms with Crippen molar-refractivity contribution >= 4 is 17.4 Å². The number of rotatable bonds is 3. The van der Waals surface area contributed by atoms with E-state index in [0.29, 0.717) is 18.9 Å². The predicted octanol–water partition coefficient (Wildman–Crippen LogP) is 2.82. The molecule has 4 rings (SSSR count). The molecule has 2 aliphatic rings. The first-order valence-corrected chi connectivity index (χ1v) is 8.70. The molecule has 3 heterocycles. The number of halogens is 1. The lowest BCUT2D eigenvalue weighted by Gasteiger charge is -2.38. The molecule has 1 amide bonds. The SMILES string of the molecule is O=C(Nc1ccc(N2CCC3(CC2)OCCO3)nc1)c1ccccc1F. The first kappa shape index (κ1) is 16.9. The normalized spacial score (nSPS) is 18.9. The molecule has 1 aromatic carbocycles. The summed E-state index contributed by atoms with van der Waals surface area (Å²) in [4.78, 5) is 18.7. The molecule has 0 saturated carbocycles. The molecule has 2 saturated heterocycles. The van der Waals surface area contributed by atoms with Crippen molar-refractivity contribution in [2.24, 2.45) is 0 Å². The molecule has 6 nitrogen and oxygen atoms in total. The first-order chi connectivity index (χ1) is 12.7. The molecule has 2 aromatic rings. The molecule has 2 aliphatic heterocycles. The average Bonchev–Trinajstić information content (AvgIpc) is 3.11. The van der Waals surface area contributed by atoms with Gasteiger partial charge in [0.2, 0.25) is 0 Å². The monoisotopic (exact) mass is 357 g/mol. The summed E-state index contributed by atoms with van der Waals surface area (Å²) in [5.41, 5.74) is 0.535. The highest BCUT2D eigenvalue weighted by molar-refractivity contribution is 6.04. The highest BCUT2D eigenvalue weighted by Gasteiger charge is 2.39. The number of piperidine rings is 1. The summed E-state index contributed by atoms with van der Waals surface area (Å²) >= 11 is 0. The van der Waals surface area contributed by atoms with Crippen LogP contribution in [0.25, 0.3) is 0 Å². The van der Waals surface area contributed by atoms with Crippen molar-refractivity contribution in [1.82, 2.24) is 4.98 Å². The Labute approximate surface area is 150 Å². The molecule has 0 unspecified atom stereocenters. The third-order valence-electron chi connectivity index (χ3n) is 4.79. The minimum Gasteiger partial charge on any atom is -0.356 e. The van der Waals surface area contributed by atoms with Crippen LogP contribution in [-0.2, 0) is 9.47 Å². The minimum atomic E-state index is -0.548. The average molecular weight is 357 g/mol. The number of ether oxygens (including phenoxy) is 2. The Morgan fingerprint density at radius 1 is 1.12 bits per heavy atom. The number of carbonyl (C=O) groups excluding carboxylic acids is 1. The molecule has 26 heavy (non-hydrogen) atoms. The van der Waals surface area contributed by atoms with E-state index in [1.807, 2.05) is 6.07 Å². The zero-order valence-electron chi connectivity index (χ0n) is 14.3. The first-order valence-electron chi connectivity index (χ1n) is 8.70. The van der Waals surface area contributed by atoms with Gasteiger partial charge in [0.15, 0.2) is 5.79 Å². The van der Waals surface area contributed by atoms with Crippen LogP contribution in [0.15, 0.2) is 42.6 Å². The van der Waals surface area contributed by atoms with Gasteiger partial charge in [-0.3, -0.25) is 4.79 Å². The maximum atomic E-state index is 13.7. The van der Waals surface area contributed by atoms with E-state index in [2.05, 4.69) is 15.2 Å². The summed E-state index contributed by atoms with van der Waals surface area (Å²) in [5.74, 6) is -0.618. The van der Waals surface area contributed by atoms with E-state index in [0.717, 1.165) is 31.7 Å². The number of nitrogens with one attached hydrogen (secondary N) is 1. The fourth-order valence-electron chi connectivity index (χ4n) is 3.35. The standard InChI is InChI=1S/C19H20FN3O3/c20-16-4-2-1-3-15(16)18(24)22-14-5-6-17(21-13-14)23-9-7-19(8-10-23)25-11-12-26-19/h1-6,13H,7-12H2,(H,22,24). The Hall–Kier alpha value is -2.51. The fourth-order valence-corrected chi connectivity index (χ4v) is 3.35. The Bertz CT molecular complexity index is 781. The summed E-state index contributed by atoms with van der Waals surface area (Å²) in [6.45, 7) is 2.92. The van der Waals surface area contributed by atoms with Crippen LogP contribution in [0, 0.1) is 5.82 Å². The van der Waals surface area contributed by atoms with E-state index in [1.54, 1.807) is 24.4 Å². The van der Waals surface area contributed by atoms with Gasteiger partial charge in [0, 0.05) is 25.9 Å². The summed E-state index contributed by atoms with van der Waals surface area (Å²) in [6, 6.07) is 9.51. The molecule has 136 valence electrons. The van der Waals surface area contributed by atoms with Crippen LogP contribution in [0.2, 0.25) is 0 Å². The predicted molar refractivity (Wildman–Crippen MR) is 94.7 cm³/mol. The molecule has 0 bridgehead atoms. The Balaban J connectivity index is 1.38. The van der Waals surface area contributed by atoms with Crippen molar-refractivity contribution in [2.45, 2.75) is 18.6 Å². The molecule has 7 heteroatoms. The number of benzene rings is 1. The molecular formula is C19H20FN3O3. The third kappa shape index (κ3) is 3.40. The van der Waals surface area contributed by atoms with Crippen molar-refractivity contribution in [1.29, 1.82) is 0 Å². The second-order valence-electron chi connectivity index (χ2n) is 6.43. The Morgan fingerprint density at radius 2 is 1.85 bits per heavy atom. The minimum absolute atomic E-state index is 0.00877. The van der Waals surface area contributed by atoms with Gasteiger partial charge in [-0.2, -0.15) is 0 Å². The summed E-state index contributed by atoms with van der Waals surface area (Å²) in [6.07, 6.45) is 3.20. The van der Waals surface area contributed by atoms with E-state index in [9.17, 15) is 9.18 Å². The van der Waals surface area contributed by atoms with Gasteiger partial charge in [-0.25, -0.2) is 9.37 Å². The van der Waals surface area contributed by atoms with Crippen LogP contribution >= 0.6 is 0 Å². The third-order valence-corrected chi connectivity index (χ3v) is 4.79. The molecule has 1 spiro atoms. The van der Waals surface area contributed by atoms with Crippen LogP contribution in [0.5, 0.6) is 0 Å². The van der Waals surface area contributed by atoms with Crippen molar-refractivity contribution < 1.29 is 18.7 Å². The van der Waals surface area contributed by atoms with E-state index in [4.69, 9.17) is 9.47 Å². The Kier molecular flexibility index (Phi) is 4.57. The van der Waals surface area contributed by atoms with Crippen molar-refractivity contribution in [2.75, 3.05) is 36.5 Å². The maximum Gasteiger partial charge on any atom is 0.258 e. The van der Waals surface area contributed by atoms with Gasteiger partial charge in [0.05, 0.1) is 30.7 Å². The number of amides is 1. The number of nitrogens with zero attached hydrogens (tertiary/aromatic N) is 2. The smallest absolute Gasteiger partial charge is 0.258 e. The van der Waals surface area contributed by atoms with E-state index in [-0.39, 0.29) is 5.56 Å². The number of hydrogen-bond acceptors (Lipinski definition) is 5. The van der Waals surface area contributed by atoms with Gasteiger partial charge in [-0.1, -0.05) is 12.1 Å². The number of hydrogen-bond donors (Lipinski definition) is 1. The molecule has 2 fully saturated rings. The Morgan fingerprint density at radius 3 is 2.50 bits per heavy atom. The number of pyridine rings is 1. The maximum absolute atomic E-state index is 13.7. The molecular weight excluding hydrogens is 337 g/mol. The summed E-state index contributed by atoms with van der Waals surface area (Å²) in [7, 11) is 0. The van der Waals surface area contributed by atoms with Gasteiger partial charge < -0.3 is 19.7 Å². The highest BCUT2D eigenvalue weighted by Crippen LogP contribution is 2.32. The zero-order chi connectivity index (χ0) is 18.0. The summed E-state index contributed by atoms with van der Waals surface area (Å²) in [5, 5.41) is 2.67. The quantitative estimate of drug-likeness (QED) is 0.915. The fraction of sp³-hybridized carbons (Fsp3) is 0.368. The van der Waals surface area contributed by atoms with Gasteiger partial charge in [-0.15, -0.1) is 0 Å². The number of aromatic nitrogens is 1. The van der Waals surface area contributed by atoms with Crippen LogP contribution in [0.3, 0.4) is 0 Å². The van der Waals surface area contributed by atoms with Crippen LogP contribution in [-0.4, -0.2) is 43.0 Å². The van der Waals surface area contributed by atoms with Crippen LogP contribution < -0.4 is 10.2 Å². The second kappa shape index (κ2) is 7.01. The van der Waals surface area contributed by atoms with E-state index >= 15 is 0 Å². The topological polar surface area (TPSA) is 63.7 Å². The lowest BCUT2D eigenvalue weighted by atomic mass is 10.0.